The lowest BCUT2D eigenvalue weighted by Gasteiger charge is -2.08. The molecule has 1 atom stereocenters. The first kappa shape index (κ1) is 9.88. The first-order valence-electron chi connectivity index (χ1n) is 4.60. The van der Waals surface area contributed by atoms with Crippen LogP contribution in [0.15, 0.2) is 0 Å². The summed E-state index contributed by atoms with van der Waals surface area (Å²) in [5, 5.41) is 12.1. The van der Waals surface area contributed by atoms with Crippen LogP contribution in [0.1, 0.15) is 26.2 Å². The molecule has 0 aromatic rings. The third-order valence-corrected chi connectivity index (χ3v) is 3.07. The summed E-state index contributed by atoms with van der Waals surface area (Å²) in [4.78, 5) is 0. The van der Waals surface area contributed by atoms with E-state index in [-0.39, 0.29) is 6.04 Å². The molecule has 2 nitrogen and oxygen atoms in total. The largest absolute Gasteiger partial charge is 0.298 e. The molecule has 0 spiro atoms. The Morgan fingerprint density at radius 3 is 2.92 bits per heavy atom. The highest BCUT2D eigenvalue weighted by atomic mass is 32.2. The van der Waals surface area contributed by atoms with Crippen LogP contribution in [-0.4, -0.2) is 23.6 Å². The molecule has 1 aliphatic rings. The second-order valence-corrected chi connectivity index (χ2v) is 4.35. The summed E-state index contributed by atoms with van der Waals surface area (Å²) >= 11 is 1.87. The Morgan fingerprint density at radius 1 is 1.67 bits per heavy atom. The van der Waals surface area contributed by atoms with Crippen molar-refractivity contribution in [1.29, 1.82) is 5.26 Å². The Bertz CT molecular complexity index is 160. The third kappa shape index (κ3) is 3.99. The molecule has 12 heavy (non-hydrogen) atoms. The quantitative estimate of drug-likeness (QED) is 0.639. The van der Waals surface area contributed by atoms with E-state index in [4.69, 9.17) is 5.26 Å². The van der Waals surface area contributed by atoms with Crippen LogP contribution in [0.3, 0.4) is 0 Å². The standard InChI is InChI=1S/C9H16N2S/c1-2-5-12-7-9(6-10)11-8-3-4-8/h8-9,11H,2-5,7H2,1H3. The molecule has 68 valence electrons. The van der Waals surface area contributed by atoms with Gasteiger partial charge in [0.2, 0.25) is 0 Å². The van der Waals surface area contributed by atoms with Gasteiger partial charge in [0.15, 0.2) is 0 Å². The second kappa shape index (κ2) is 5.45. The molecular formula is C9H16N2S. The Morgan fingerprint density at radius 2 is 2.42 bits per heavy atom. The molecule has 1 unspecified atom stereocenters. The summed E-state index contributed by atoms with van der Waals surface area (Å²) in [7, 11) is 0. The number of nitriles is 1. The van der Waals surface area contributed by atoms with Crippen LogP contribution in [0.5, 0.6) is 0 Å². The van der Waals surface area contributed by atoms with Crippen molar-refractivity contribution >= 4 is 11.8 Å². The highest BCUT2D eigenvalue weighted by Crippen LogP contribution is 2.20. The normalized spacial score (nSPS) is 18.7. The van der Waals surface area contributed by atoms with Crippen molar-refractivity contribution in [3.63, 3.8) is 0 Å². The topological polar surface area (TPSA) is 35.8 Å². The van der Waals surface area contributed by atoms with Crippen molar-refractivity contribution < 1.29 is 0 Å². The van der Waals surface area contributed by atoms with Gasteiger partial charge in [0.05, 0.1) is 6.07 Å². The van der Waals surface area contributed by atoms with E-state index in [1.807, 2.05) is 11.8 Å². The van der Waals surface area contributed by atoms with Gasteiger partial charge in [-0.3, -0.25) is 5.32 Å². The maximum Gasteiger partial charge on any atom is 0.105 e. The van der Waals surface area contributed by atoms with Crippen LogP contribution in [0, 0.1) is 11.3 Å². The van der Waals surface area contributed by atoms with E-state index >= 15 is 0 Å². The molecule has 0 aliphatic heterocycles. The maximum atomic E-state index is 8.78. The summed E-state index contributed by atoms with van der Waals surface area (Å²) in [6, 6.07) is 3.03. The van der Waals surface area contributed by atoms with Crippen molar-refractivity contribution in [2.75, 3.05) is 11.5 Å². The fraction of sp³-hybridized carbons (Fsp3) is 0.889. The molecule has 0 saturated heterocycles. The number of nitrogens with one attached hydrogen (secondary N) is 1. The van der Waals surface area contributed by atoms with Gasteiger partial charge in [0.25, 0.3) is 0 Å². The van der Waals surface area contributed by atoms with E-state index in [0.717, 1.165) is 5.75 Å². The Labute approximate surface area is 78.7 Å². The summed E-state index contributed by atoms with van der Waals surface area (Å²) in [6.07, 6.45) is 3.72. The number of thioether (sulfide) groups is 1. The van der Waals surface area contributed by atoms with Crippen molar-refractivity contribution in [2.45, 2.75) is 38.3 Å². The smallest absolute Gasteiger partial charge is 0.105 e. The molecule has 3 heteroatoms. The van der Waals surface area contributed by atoms with E-state index in [2.05, 4.69) is 18.3 Å². The van der Waals surface area contributed by atoms with Gasteiger partial charge in [-0.05, 0) is 25.0 Å². The van der Waals surface area contributed by atoms with E-state index in [0.29, 0.717) is 6.04 Å². The zero-order chi connectivity index (χ0) is 8.81. The highest BCUT2D eigenvalue weighted by molar-refractivity contribution is 7.99. The molecule has 1 rings (SSSR count). The van der Waals surface area contributed by atoms with Gasteiger partial charge in [-0.1, -0.05) is 6.92 Å². The molecule has 0 heterocycles. The van der Waals surface area contributed by atoms with Gasteiger partial charge in [-0.2, -0.15) is 17.0 Å². The Hall–Kier alpha value is -0.200. The van der Waals surface area contributed by atoms with Crippen LogP contribution in [-0.2, 0) is 0 Å². The molecule has 1 N–H and O–H groups in total. The fourth-order valence-electron chi connectivity index (χ4n) is 1.00. The second-order valence-electron chi connectivity index (χ2n) is 3.20. The van der Waals surface area contributed by atoms with Crippen LogP contribution in [0.2, 0.25) is 0 Å². The van der Waals surface area contributed by atoms with Crippen molar-refractivity contribution in [3.8, 4) is 6.07 Å². The summed E-state index contributed by atoms with van der Waals surface area (Å²) in [6.45, 7) is 2.17. The Kier molecular flexibility index (Phi) is 4.49. The van der Waals surface area contributed by atoms with Crippen molar-refractivity contribution in [3.05, 3.63) is 0 Å². The first-order valence-corrected chi connectivity index (χ1v) is 5.75. The SMILES string of the molecule is CCCSCC(C#N)NC1CC1. The monoisotopic (exact) mass is 184 g/mol. The molecule has 0 aromatic carbocycles. The van der Waals surface area contributed by atoms with E-state index in [9.17, 15) is 0 Å². The number of nitrogens with zero attached hydrogens (tertiary/aromatic N) is 1. The molecule has 1 saturated carbocycles. The Balaban J connectivity index is 2.04. The van der Waals surface area contributed by atoms with Crippen molar-refractivity contribution in [1.82, 2.24) is 5.32 Å². The number of rotatable bonds is 6. The maximum absolute atomic E-state index is 8.78. The van der Waals surface area contributed by atoms with E-state index < -0.39 is 0 Å². The van der Waals surface area contributed by atoms with Gasteiger partial charge in [-0.15, -0.1) is 0 Å². The van der Waals surface area contributed by atoms with E-state index in [1.165, 1.54) is 25.0 Å². The average molecular weight is 184 g/mol. The lowest BCUT2D eigenvalue weighted by molar-refractivity contribution is 0.644. The average Bonchev–Trinajstić information content (AvgIpc) is 2.87. The summed E-state index contributed by atoms with van der Waals surface area (Å²) in [5.41, 5.74) is 0. The highest BCUT2D eigenvalue weighted by Gasteiger charge is 2.24. The molecule has 1 aliphatic carbocycles. The van der Waals surface area contributed by atoms with Gasteiger partial charge < -0.3 is 0 Å². The first-order chi connectivity index (χ1) is 5.86. The predicted octanol–water partition coefficient (Wildman–Crippen LogP) is 1.77. The molecule has 0 amide bonds. The van der Waals surface area contributed by atoms with Crippen LogP contribution in [0.4, 0.5) is 0 Å². The predicted molar refractivity (Wildman–Crippen MR) is 53.2 cm³/mol. The zero-order valence-electron chi connectivity index (χ0n) is 7.55. The third-order valence-electron chi connectivity index (χ3n) is 1.80. The fourth-order valence-corrected chi connectivity index (χ4v) is 1.86. The molecule has 1 fully saturated rings. The molecule has 0 bridgehead atoms. The number of hydrogen-bond donors (Lipinski definition) is 1. The zero-order valence-corrected chi connectivity index (χ0v) is 8.36. The lowest BCUT2D eigenvalue weighted by atomic mass is 10.4. The summed E-state index contributed by atoms with van der Waals surface area (Å²) in [5.74, 6) is 2.12. The van der Waals surface area contributed by atoms with Gasteiger partial charge in [0.1, 0.15) is 6.04 Å². The lowest BCUT2D eigenvalue weighted by Crippen LogP contribution is -2.31. The van der Waals surface area contributed by atoms with Gasteiger partial charge >= 0.3 is 0 Å². The van der Waals surface area contributed by atoms with Crippen molar-refractivity contribution in [2.24, 2.45) is 0 Å². The van der Waals surface area contributed by atoms with Crippen LogP contribution in [0.25, 0.3) is 0 Å². The van der Waals surface area contributed by atoms with Gasteiger partial charge in [-0.25, -0.2) is 0 Å². The summed E-state index contributed by atoms with van der Waals surface area (Å²) < 4.78 is 0. The minimum Gasteiger partial charge on any atom is -0.298 e. The van der Waals surface area contributed by atoms with Crippen LogP contribution < -0.4 is 5.32 Å². The van der Waals surface area contributed by atoms with Gasteiger partial charge in [0, 0.05) is 11.8 Å². The minimum atomic E-state index is 0.0778. The molecular weight excluding hydrogens is 168 g/mol. The van der Waals surface area contributed by atoms with Crippen LogP contribution >= 0.6 is 11.8 Å². The molecule has 0 radical (unpaired) electrons. The number of hydrogen-bond acceptors (Lipinski definition) is 3. The molecule has 0 aromatic heterocycles. The van der Waals surface area contributed by atoms with E-state index in [1.54, 1.807) is 0 Å². The minimum absolute atomic E-state index is 0.0778.